The third kappa shape index (κ3) is 4.97. The van der Waals surface area contributed by atoms with Gasteiger partial charge in [-0.15, -0.1) is 0 Å². The molecule has 2 aromatic carbocycles. The Bertz CT molecular complexity index is 1930. The lowest BCUT2D eigenvalue weighted by Gasteiger charge is -2.34. The zero-order chi connectivity index (χ0) is 29.3. The number of imidazole rings is 1. The van der Waals surface area contributed by atoms with E-state index in [9.17, 15) is 4.79 Å². The van der Waals surface area contributed by atoms with Gasteiger partial charge in [-0.05, 0) is 65.6 Å². The Hall–Kier alpha value is -5.15. The molecule has 1 aliphatic rings. The van der Waals surface area contributed by atoms with E-state index in [1.807, 2.05) is 53.7 Å². The number of hydrogen-bond acceptors (Lipinski definition) is 6. The highest BCUT2D eigenvalue weighted by Crippen LogP contribution is 2.34. The van der Waals surface area contributed by atoms with Crippen molar-refractivity contribution < 1.29 is 4.79 Å². The van der Waals surface area contributed by atoms with Gasteiger partial charge in [-0.2, -0.15) is 5.10 Å². The van der Waals surface area contributed by atoms with E-state index in [4.69, 9.17) is 0 Å². The normalized spacial score (nSPS) is 14.7. The van der Waals surface area contributed by atoms with Crippen LogP contribution in [0.1, 0.15) is 51.3 Å². The summed E-state index contributed by atoms with van der Waals surface area (Å²) >= 11 is 0. The molecule has 1 atom stereocenters. The monoisotopic (exact) mass is 568 g/mol. The number of carbonyl (C=O) groups is 1. The van der Waals surface area contributed by atoms with Gasteiger partial charge >= 0.3 is 0 Å². The van der Waals surface area contributed by atoms with Gasteiger partial charge in [-0.25, -0.2) is 4.98 Å². The molecule has 0 bridgehead atoms. The number of H-pyrrole nitrogens is 2. The van der Waals surface area contributed by atoms with Crippen molar-refractivity contribution in [3.63, 3.8) is 0 Å². The summed E-state index contributed by atoms with van der Waals surface area (Å²) in [7, 11) is 0. The molecule has 5 heterocycles. The van der Waals surface area contributed by atoms with E-state index in [0.717, 1.165) is 46.4 Å². The lowest BCUT2D eigenvalue weighted by molar-refractivity contribution is 0.0719. The summed E-state index contributed by atoms with van der Waals surface area (Å²) in [4.78, 5) is 32.7. The molecule has 1 unspecified atom stereocenters. The summed E-state index contributed by atoms with van der Waals surface area (Å²) < 4.78 is 0. The Morgan fingerprint density at radius 3 is 2.79 bits per heavy atom. The molecule has 0 aliphatic carbocycles. The second kappa shape index (κ2) is 11.3. The molecule has 3 N–H and O–H groups in total. The first-order valence-corrected chi connectivity index (χ1v) is 14.6. The van der Waals surface area contributed by atoms with Gasteiger partial charge in [0.2, 0.25) is 0 Å². The largest absolute Gasteiger partial charge is 0.333 e. The standard InChI is InChI=1S/C34H32N8O/c1-3-35-15-24-16-36-17-27(21(24)2)22-11-12-30-26(14-22)32(41-40-30)33-38-18-31(39-33)34(43)42-19-23-8-4-5-9-25(23)28(20-42)29-10-6-7-13-37-29/h4-14,16-18,28,35H,3,15,19-20H2,1-2H3,(H,38,39)(H,40,41). The molecule has 7 rings (SSSR count). The fourth-order valence-corrected chi connectivity index (χ4v) is 5.98. The van der Waals surface area contributed by atoms with Crippen molar-refractivity contribution in [1.29, 1.82) is 0 Å². The summed E-state index contributed by atoms with van der Waals surface area (Å²) in [6.07, 6.45) is 7.24. The minimum atomic E-state index is -0.103. The van der Waals surface area contributed by atoms with E-state index < -0.39 is 0 Å². The Kier molecular flexibility index (Phi) is 7.00. The highest BCUT2D eigenvalue weighted by atomic mass is 16.2. The maximum atomic E-state index is 13.8. The molecular formula is C34H32N8O. The molecule has 9 heteroatoms. The molecule has 0 saturated heterocycles. The fourth-order valence-electron chi connectivity index (χ4n) is 5.98. The third-order valence-corrected chi connectivity index (χ3v) is 8.32. The summed E-state index contributed by atoms with van der Waals surface area (Å²) in [6.45, 7) is 6.97. The zero-order valence-corrected chi connectivity index (χ0v) is 24.1. The van der Waals surface area contributed by atoms with Crippen LogP contribution in [-0.4, -0.2) is 54.0 Å². The number of rotatable bonds is 7. The van der Waals surface area contributed by atoms with Crippen LogP contribution < -0.4 is 5.32 Å². The van der Waals surface area contributed by atoms with Crippen molar-refractivity contribution in [2.75, 3.05) is 13.1 Å². The van der Waals surface area contributed by atoms with Crippen molar-refractivity contribution in [2.45, 2.75) is 32.9 Å². The van der Waals surface area contributed by atoms with Crippen LogP contribution in [0.25, 0.3) is 33.5 Å². The van der Waals surface area contributed by atoms with Gasteiger partial charge in [0.05, 0.1) is 11.7 Å². The molecule has 0 spiro atoms. The maximum Gasteiger partial charge on any atom is 0.272 e. The molecule has 1 amide bonds. The topological polar surface area (TPSA) is 115 Å². The lowest BCUT2D eigenvalue weighted by atomic mass is 9.87. The van der Waals surface area contributed by atoms with Gasteiger partial charge in [-0.3, -0.25) is 19.9 Å². The van der Waals surface area contributed by atoms with Gasteiger partial charge in [0.25, 0.3) is 5.91 Å². The van der Waals surface area contributed by atoms with Crippen molar-refractivity contribution in [2.24, 2.45) is 0 Å². The summed E-state index contributed by atoms with van der Waals surface area (Å²) in [6, 6.07) is 20.4. The van der Waals surface area contributed by atoms with Crippen molar-refractivity contribution in [3.8, 4) is 22.6 Å². The highest BCUT2D eigenvalue weighted by molar-refractivity contribution is 5.96. The SMILES string of the molecule is CCNCc1cncc(-c2ccc3[nH]nc(-c4ncc(C(=O)N5Cc6ccccc6C(c6ccccn6)C5)[nH]4)c3c2)c1C. The van der Waals surface area contributed by atoms with Crippen molar-refractivity contribution >= 4 is 16.8 Å². The second-order valence-electron chi connectivity index (χ2n) is 10.9. The van der Waals surface area contributed by atoms with Crippen molar-refractivity contribution in [3.05, 3.63) is 119 Å². The number of nitrogens with zero attached hydrogens (tertiary/aromatic N) is 5. The zero-order valence-electron chi connectivity index (χ0n) is 24.1. The first-order chi connectivity index (χ1) is 21.1. The van der Waals surface area contributed by atoms with Crippen LogP contribution in [0.2, 0.25) is 0 Å². The highest BCUT2D eigenvalue weighted by Gasteiger charge is 2.31. The minimum Gasteiger partial charge on any atom is -0.333 e. The van der Waals surface area contributed by atoms with Crippen LogP contribution in [0.15, 0.2) is 85.5 Å². The Morgan fingerprint density at radius 2 is 1.93 bits per heavy atom. The van der Waals surface area contributed by atoms with E-state index >= 15 is 0 Å². The molecule has 0 radical (unpaired) electrons. The minimum absolute atomic E-state index is 0.000370. The third-order valence-electron chi connectivity index (χ3n) is 8.32. The fraction of sp³-hybridized carbons (Fsp3) is 0.206. The van der Waals surface area contributed by atoms with E-state index in [1.54, 1.807) is 12.4 Å². The lowest BCUT2D eigenvalue weighted by Crippen LogP contribution is -2.39. The van der Waals surface area contributed by atoms with E-state index in [2.05, 4.69) is 73.6 Å². The van der Waals surface area contributed by atoms with Gasteiger partial charge in [0.1, 0.15) is 11.4 Å². The average Bonchev–Trinajstić information content (AvgIpc) is 3.71. The molecule has 9 nitrogen and oxygen atoms in total. The van der Waals surface area contributed by atoms with Crippen molar-refractivity contribution in [1.82, 2.24) is 40.3 Å². The molecular weight excluding hydrogens is 536 g/mol. The number of amides is 1. The van der Waals surface area contributed by atoms with E-state index in [0.29, 0.717) is 30.3 Å². The first kappa shape index (κ1) is 26.7. The van der Waals surface area contributed by atoms with Crippen LogP contribution >= 0.6 is 0 Å². The molecule has 214 valence electrons. The smallest absolute Gasteiger partial charge is 0.272 e. The summed E-state index contributed by atoms with van der Waals surface area (Å²) in [5.74, 6) is 0.440. The summed E-state index contributed by atoms with van der Waals surface area (Å²) in [5.41, 5.74) is 9.77. The Balaban J connectivity index is 1.18. The number of carbonyl (C=O) groups excluding carboxylic acids is 1. The molecule has 6 aromatic rings. The average molecular weight is 569 g/mol. The quantitative estimate of drug-likeness (QED) is 0.230. The van der Waals surface area contributed by atoms with Gasteiger partial charge in [0.15, 0.2) is 5.82 Å². The van der Waals surface area contributed by atoms with Crippen LogP contribution in [0.5, 0.6) is 0 Å². The molecule has 1 aliphatic heterocycles. The second-order valence-corrected chi connectivity index (χ2v) is 10.9. The van der Waals surface area contributed by atoms with Crippen LogP contribution in [-0.2, 0) is 13.1 Å². The maximum absolute atomic E-state index is 13.8. The van der Waals surface area contributed by atoms with Crippen LogP contribution in [0, 0.1) is 6.92 Å². The number of pyridine rings is 2. The predicted octanol–water partition coefficient (Wildman–Crippen LogP) is 5.62. The summed E-state index contributed by atoms with van der Waals surface area (Å²) in [5, 5.41) is 12.0. The van der Waals surface area contributed by atoms with Gasteiger partial charge in [-0.1, -0.05) is 43.3 Å². The van der Waals surface area contributed by atoms with Gasteiger partial charge < -0.3 is 15.2 Å². The Morgan fingerprint density at radius 1 is 1.05 bits per heavy atom. The van der Waals surface area contributed by atoms with E-state index in [1.165, 1.54) is 16.7 Å². The predicted molar refractivity (Wildman–Crippen MR) is 166 cm³/mol. The number of nitrogens with one attached hydrogen (secondary N) is 3. The number of aromatic amines is 2. The molecule has 0 saturated carbocycles. The number of fused-ring (bicyclic) bond motifs is 2. The Labute approximate surface area is 249 Å². The van der Waals surface area contributed by atoms with Crippen LogP contribution in [0.4, 0.5) is 0 Å². The number of benzene rings is 2. The van der Waals surface area contributed by atoms with E-state index in [-0.39, 0.29) is 11.8 Å². The number of hydrogen-bond donors (Lipinski definition) is 3. The molecule has 0 fully saturated rings. The number of aromatic nitrogens is 6. The molecule has 43 heavy (non-hydrogen) atoms. The molecule has 4 aromatic heterocycles. The van der Waals surface area contributed by atoms with Crippen LogP contribution in [0.3, 0.4) is 0 Å². The van der Waals surface area contributed by atoms with Gasteiger partial charge in [0, 0.05) is 60.8 Å². The first-order valence-electron chi connectivity index (χ1n) is 14.6.